The van der Waals surface area contributed by atoms with Crippen LogP contribution in [0.15, 0.2) is 0 Å². The van der Waals surface area contributed by atoms with E-state index in [0.717, 1.165) is 0 Å². The van der Waals surface area contributed by atoms with E-state index in [1.54, 1.807) is 6.92 Å². The highest BCUT2D eigenvalue weighted by Gasteiger charge is 2.12. The van der Waals surface area contributed by atoms with Crippen LogP contribution in [0.2, 0.25) is 0 Å². The van der Waals surface area contributed by atoms with Gasteiger partial charge in [-0.3, -0.25) is 4.79 Å². The summed E-state index contributed by atoms with van der Waals surface area (Å²) in [7, 11) is 0. The normalized spacial score (nSPS) is 10.7. The van der Waals surface area contributed by atoms with Crippen molar-refractivity contribution in [1.82, 2.24) is 10.6 Å². The Morgan fingerprint density at radius 3 is 2.64 bits per heavy atom. The highest BCUT2D eigenvalue weighted by Crippen LogP contribution is 1.81. The van der Waals surface area contributed by atoms with Crippen molar-refractivity contribution in [3.05, 3.63) is 0 Å². The Hall–Kier alpha value is -1.70. The lowest BCUT2D eigenvalue weighted by Crippen LogP contribution is -2.44. The summed E-state index contributed by atoms with van der Waals surface area (Å²) in [4.78, 5) is 21.3. The number of carbonyl (C=O) groups is 2. The molecule has 0 rings (SSSR count). The molecule has 0 bridgehead atoms. The zero-order chi connectivity index (χ0) is 11.0. The van der Waals surface area contributed by atoms with Gasteiger partial charge in [0.05, 0.1) is 0 Å². The van der Waals surface area contributed by atoms with Gasteiger partial charge in [0, 0.05) is 13.0 Å². The first kappa shape index (κ1) is 12.3. The molecule has 0 heterocycles. The van der Waals surface area contributed by atoms with Gasteiger partial charge in [-0.05, 0) is 13.8 Å². The first-order valence-corrected chi connectivity index (χ1v) is 4.24. The van der Waals surface area contributed by atoms with Crippen molar-refractivity contribution in [3.63, 3.8) is 0 Å². The molecule has 0 aliphatic heterocycles. The number of hydrogen-bond donors (Lipinski definition) is 3. The number of urea groups is 1. The summed E-state index contributed by atoms with van der Waals surface area (Å²) < 4.78 is 0. The second kappa shape index (κ2) is 6.78. The minimum atomic E-state index is -1.06. The highest BCUT2D eigenvalue weighted by molar-refractivity contribution is 5.82. The predicted octanol–water partition coefficient (Wildman–Crippen LogP) is 0.172. The Morgan fingerprint density at radius 2 is 2.14 bits per heavy atom. The standard InChI is InChI=1S/C9H14N2O3/c1-3-4-5-6-10-9(14)11-7(2)8(12)13/h7H,5-6H2,1-2H3,(H,12,13)(H2,10,11,14)/t7-/m1/s1. The van der Waals surface area contributed by atoms with E-state index in [1.165, 1.54) is 6.92 Å². The summed E-state index contributed by atoms with van der Waals surface area (Å²) in [6.07, 6.45) is 0.561. The minimum Gasteiger partial charge on any atom is -0.480 e. The van der Waals surface area contributed by atoms with Crippen LogP contribution < -0.4 is 10.6 Å². The lowest BCUT2D eigenvalue weighted by Gasteiger charge is -2.09. The van der Waals surface area contributed by atoms with Crippen molar-refractivity contribution < 1.29 is 14.7 Å². The van der Waals surface area contributed by atoms with Crippen molar-refractivity contribution in [2.45, 2.75) is 26.3 Å². The molecule has 14 heavy (non-hydrogen) atoms. The van der Waals surface area contributed by atoms with E-state index in [0.29, 0.717) is 13.0 Å². The van der Waals surface area contributed by atoms with Crippen molar-refractivity contribution in [2.24, 2.45) is 0 Å². The minimum absolute atomic E-state index is 0.416. The zero-order valence-electron chi connectivity index (χ0n) is 8.26. The van der Waals surface area contributed by atoms with Gasteiger partial charge >= 0.3 is 12.0 Å². The third-order valence-electron chi connectivity index (χ3n) is 1.43. The SMILES string of the molecule is CC#CCCNC(=O)N[C@H](C)C(=O)O. The van der Waals surface area contributed by atoms with Gasteiger partial charge in [0.25, 0.3) is 0 Å². The van der Waals surface area contributed by atoms with E-state index in [2.05, 4.69) is 22.5 Å². The van der Waals surface area contributed by atoms with Crippen LogP contribution >= 0.6 is 0 Å². The average Bonchev–Trinajstić information content (AvgIpc) is 2.12. The second-order valence-electron chi connectivity index (χ2n) is 2.64. The molecule has 2 amide bonds. The monoisotopic (exact) mass is 198 g/mol. The molecule has 0 aliphatic rings. The molecule has 0 aliphatic carbocycles. The zero-order valence-corrected chi connectivity index (χ0v) is 8.26. The summed E-state index contributed by atoms with van der Waals surface area (Å²) in [5, 5.41) is 13.2. The molecule has 0 unspecified atom stereocenters. The summed E-state index contributed by atoms with van der Waals surface area (Å²) in [6, 6.07) is -1.37. The number of amides is 2. The molecule has 78 valence electrons. The fraction of sp³-hybridized carbons (Fsp3) is 0.556. The van der Waals surface area contributed by atoms with Crippen LogP contribution in [0.4, 0.5) is 4.79 Å². The lowest BCUT2D eigenvalue weighted by atomic mass is 10.3. The van der Waals surface area contributed by atoms with Crippen LogP contribution in [0.25, 0.3) is 0 Å². The Balaban J connectivity index is 3.63. The highest BCUT2D eigenvalue weighted by atomic mass is 16.4. The van der Waals surface area contributed by atoms with E-state index in [-0.39, 0.29) is 0 Å². The molecular weight excluding hydrogens is 184 g/mol. The number of nitrogens with one attached hydrogen (secondary N) is 2. The molecule has 0 aromatic heterocycles. The number of carboxylic acid groups (broad SMARTS) is 1. The number of carbonyl (C=O) groups excluding carboxylic acids is 1. The van der Waals surface area contributed by atoms with Crippen molar-refractivity contribution >= 4 is 12.0 Å². The summed E-state index contributed by atoms with van der Waals surface area (Å²) in [5.74, 6) is 4.39. The fourth-order valence-corrected chi connectivity index (χ4v) is 0.673. The first-order chi connectivity index (χ1) is 6.57. The molecule has 5 heteroatoms. The van der Waals surface area contributed by atoms with Crippen LogP contribution in [0.5, 0.6) is 0 Å². The van der Waals surface area contributed by atoms with Crippen LogP contribution in [0.1, 0.15) is 20.3 Å². The topological polar surface area (TPSA) is 78.4 Å². The lowest BCUT2D eigenvalue weighted by molar-refractivity contribution is -0.138. The van der Waals surface area contributed by atoms with Gasteiger partial charge in [0.15, 0.2) is 0 Å². The predicted molar refractivity (Wildman–Crippen MR) is 51.7 cm³/mol. The van der Waals surface area contributed by atoms with Gasteiger partial charge in [-0.2, -0.15) is 0 Å². The number of hydrogen-bond acceptors (Lipinski definition) is 2. The van der Waals surface area contributed by atoms with Crippen molar-refractivity contribution in [2.75, 3.05) is 6.54 Å². The van der Waals surface area contributed by atoms with E-state index in [9.17, 15) is 9.59 Å². The van der Waals surface area contributed by atoms with Crippen molar-refractivity contribution in [3.8, 4) is 11.8 Å². The van der Waals surface area contributed by atoms with E-state index in [1.807, 2.05) is 0 Å². The largest absolute Gasteiger partial charge is 0.480 e. The average molecular weight is 198 g/mol. The molecule has 0 fully saturated rings. The maximum absolute atomic E-state index is 11.0. The van der Waals surface area contributed by atoms with Gasteiger partial charge in [-0.1, -0.05) is 0 Å². The third kappa shape index (κ3) is 5.89. The molecule has 0 saturated carbocycles. The van der Waals surface area contributed by atoms with Gasteiger partial charge in [0.1, 0.15) is 6.04 Å². The van der Waals surface area contributed by atoms with Gasteiger partial charge in [0.2, 0.25) is 0 Å². The fourth-order valence-electron chi connectivity index (χ4n) is 0.673. The molecule has 0 aromatic rings. The summed E-state index contributed by atoms with van der Waals surface area (Å²) in [5.41, 5.74) is 0. The molecule has 1 atom stereocenters. The molecule has 0 saturated heterocycles. The van der Waals surface area contributed by atoms with E-state index < -0.39 is 18.0 Å². The maximum atomic E-state index is 11.0. The molecule has 0 radical (unpaired) electrons. The number of rotatable bonds is 4. The smallest absolute Gasteiger partial charge is 0.325 e. The van der Waals surface area contributed by atoms with E-state index in [4.69, 9.17) is 5.11 Å². The summed E-state index contributed by atoms with van der Waals surface area (Å²) >= 11 is 0. The first-order valence-electron chi connectivity index (χ1n) is 4.24. The quantitative estimate of drug-likeness (QED) is 0.445. The number of aliphatic carboxylic acids is 1. The molecule has 5 nitrogen and oxygen atoms in total. The summed E-state index contributed by atoms with van der Waals surface area (Å²) in [6.45, 7) is 3.53. The van der Waals surface area contributed by atoms with Gasteiger partial charge in [-0.25, -0.2) is 4.79 Å². The van der Waals surface area contributed by atoms with E-state index >= 15 is 0 Å². The van der Waals surface area contributed by atoms with Crippen LogP contribution in [0, 0.1) is 11.8 Å². The molecule has 3 N–H and O–H groups in total. The Morgan fingerprint density at radius 1 is 1.50 bits per heavy atom. The third-order valence-corrected chi connectivity index (χ3v) is 1.43. The van der Waals surface area contributed by atoms with Crippen LogP contribution in [0.3, 0.4) is 0 Å². The molecule has 0 spiro atoms. The maximum Gasteiger partial charge on any atom is 0.325 e. The van der Waals surface area contributed by atoms with Gasteiger partial charge in [-0.15, -0.1) is 11.8 Å². The van der Waals surface area contributed by atoms with Crippen molar-refractivity contribution in [1.29, 1.82) is 0 Å². The van der Waals surface area contributed by atoms with Crippen LogP contribution in [-0.2, 0) is 4.79 Å². The molecule has 0 aromatic carbocycles. The Kier molecular flexibility index (Phi) is 5.95. The Labute approximate surface area is 82.9 Å². The second-order valence-corrected chi connectivity index (χ2v) is 2.64. The Bertz CT molecular complexity index is 265. The number of carboxylic acids is 1. The molecular formula is C9H14N2O3. The van der Waals surface area contributed by atoms with Gasteiger partial charge < -0.3 is 15.7 Å². The van der Waals surface area contributed by atoms with Crippen LogP contribution in [-0.4, -0.2) is 29.7 Å².